The molecule has 0 saturated heterocycles. The Balaban J connectivity index is 2.20. The summed E-state index contributed by atoms with van der Waals surface area (Å²) in [5, 5.41) is 2.18. The molecule has 0 saturated carbocycles. The van der Waals surface area contributed by atoms with Gasteiger partial charge in [0.1, 0.15) is 6.61 Å². The SMILES string of the molecule is C=CCCCCCc1cc(CCCCCC=C)c(COC(=O)CC2=CC(=O)NC2=O)c(CCCCCC=C)c1. The smallest absolute Gasteiger partial charge is 0.310 e. The topological polar surface area (TPSA) is 72.5 Å². The zero-order valence-corrected chi connectivity index (χ0v) is 23.7. The molecule has 2 amide bonds. The molecule has 0 bridgehead atoms. The summed E-state index contributed by atoms with van der Waals surface area (Å²) in [7, 11) is 0. The fourth-order valence-corrected chi connectivity index (χ4v) is 4.94. The third-order valence-corrected chi connectivity index (χ3v) is 7.12. The lowest BCUT2D eigenvalue weighted by molar-refractivity contribution is -0.144. The maximum atomic E-state index is 12.6. The predicted octanol–water partition coefficient (Wildman–Crippen LogP) is 7.57. The van der Waals surface area contributed by atoms with Gasteiger partial charge in [-0.2, -0.15) is 0 Å². The van der Waals surface area contributed by atoms with Gasteiger partial charge in [-0.1, -0.05) is 49.6 Å². The fourth-order valence-electron chi connectivity index (χ4n) is 4.94. The van der Waals surface area contributed by atoms with Crippen LogP contribution in [0.2, 0.25) is 0 Å². The summed E-state index contributed by atoms with van der Waals surface area (Å²) in [5.74, 6) is -1.50. The number of hydrogen-bond donors (Lipinski definition) is 1. The number of benzene rings is 1. The average Bonchev–Trinajstić information content (AvgIpc) is 3.23. The van der Waals surface area contributed by atoms with Gasteiger partial charge in [-0.15, -0.1) is 19.7 Å². The van der Waals surface area contributed by atoms with Crippen molar-refractivity contribution in [2.24, 2.45) is 0 Å². The van der Waals surface area contributed by atoms with Gasteiger partial charge in [-0.25, -0.2) is 0 Å². The predicted molar refractivity (Wildman–Crippen MR) is 159 cm³/mol. The molecule has 1 aliphatic rings. The first-order valence-corrected chi connectivity index (χ1v) is 14.7. The highest BCUT2D eigenvalue weighted by atomic mass is 16.5. The molecular formula is C34H47NO4. The van der Waals surface area contributed by atoms with Crippen LogP contribution in [0.3, 0.4) is 0 Å². The van der Waals surface area contributed by atoms with Crippen LogP contribution in [0.1, 0.15) is 106 Å². The van der Waals surface area contributed by atoms with E-state index in [4.69, 9.17) is 4.74 Å². The van der Waals surface area contributed by atoms with Crippen molar-refractivity contribution in [3.63, 3.8) is 0 Å². The first kappa shape index (κ1) is 32.0. The van der Waals surface area contributed by atoms with Crippen LogP contribution in [0.4, 0.5) is 0 Å². The van der Waals surface area contributed by atoms with E-state index in [2.05, 4.69) is 37.2 Å². The molecule has 2 rings (SSSR count). The molecule has 1 heterocycles. The number of imide groups is 1. The Hall–Kier alpha value is -3.21. The van der Waals surface area contributed by atoms with E-state index in [1.54, 1.807) is 0 Å². The van der Waals surface area contributed by atoms with E-state index in [0.29, 0.717) is 0 Å². The number of aryl methyl sites for hydroxylation is 3. The molecule has 5 heteroatoms. The number of amides is 2. The number of allylic oxidation sites excluding steroid dienone is 3. The molecule has 1 N–H and O–H groups in total. The van der Waals surface area contributed by atoms with Crippen molar-refractivity contribution in [1.82, 2.24) is 5.32 Å². The lowest BCUT2D eigenvalue weighted by atomic mass is 9.90. The Morgan fingerprint density at radius 1 is 0.744 bits per heavy atom. The van der Waals surface area contributed by atoms with Crippen molar-refractivity contribution in [3.8, 4) is 0 Å². The lowest BCUT2D eigenvalue weighted by Gasteiger charge is -2.18. The van der Waals surface area contributed by atoms with E-state index in [9.17, 15) is 14.4 Å². The van der Waals surface area contributed by atoms with Crippen LogP contribution in [0.15, 0.2) is 61.7 Å². The minimum absolute atomic E-state index is 0.154. The van der Waals surface area contributed by atoms with Gasteiger partial charge in [0.2, 0.25) is 0 Å². The van der Waals surface area contributed by atoms with Gasteiger partial charge in [0.15, 0.2) is 0 Å². The number of rotatable bonds is 22. The van der Waals surface area contributed by atoms with Crippen molar-refractivity contribution in [1.29, 1.82) is 0 Å². The summed E-state index contributed by atoms with van der Waals surface area (Å²) >= 11 is 0. The Morgan fingerprint density at radius 3 is 1.72 bits per heavy atom. The van der Waals surface area contributed by atoms with Crippen molar-refractivity contribution in [2.45, 2.75) is 109 Å². The standard InChI is InChI=1S/C34H47NO4/c1-4-7-10-13-16-19-27-22-28(20-17-14-11-8-5-2)31(29(23-27)21-18-15-12-9-6-3)26-39-33(37)25-30-24-32(36)35-34(30)38/h4-6,22-24H,1-3,7-21,25-26H2,(H,35,36,38). The molecule has 0 fully saturated rings. The van der Waals surface area contributed by atoms with Gasteiger partial charge < -0.3 is 4.74 Å². The maximum absolute atomic E-state index is 12.6. The second-order valence-corrected chi connectivity index (χ2v) is 10.4. The summed E-state index contributed by atoms with van der Waals surface area (Å²) in [6, 6.07) is 4.63. The number of carbonyl (C=O) groups excluding carboxylic acids is 3. The highest BCUT2D eigenvalue weighted by Gasteiger charge is 2.24. The first-order chi connectivity index (χ1) is 19.0. The number of esters is 1. The minimum atomic E-state index is -0.519. The van der Waals surface area contributed by atoms with Crippen LogP contribution < -0.4 is 5.32 Å². The monoisotopic (exact) mass is 533 g/mol. The summed E-state index contributed by atoms with van der Waals surface area (Å²) in [5.41, 5.74) is 5.14. The Kier molecular flexibility index (Phi) is 15.5. The summed E-state index contributed by atoms with van der Waals surface area (Å²) in [4.78, 5) is 35.9. The number of unbranched alkanes of at least 4 members (excludes halogenated alkanes) is 9. The molecular weight excluding hydrogens is 486 g/mol. The van der Waals surface area contributed by atoms with Gasteiger partial charge in [0.25, 0.3) is 11.8 Å². The maximum Gasteiger partial charge on any atom is 0.310 e. The average molecular weight is 534 g/mol. The minimum Gasteiger partial charge on any atom is -0.461 e. The Bertz CT molecular complexity index is 981. The van der Waals surface area contributed by atoms with Gasteiger partial charge in [-0.05, 0) is 99.3 Å². The zero-order valence-electron chi connectivity index (χ0n) is 23.7. The number of nitrogens with one attached hydrogen (secondary N) is 1. The normalized spacial score (nSPS) is 12.7. The summed E-state index contributed by atoms with van der Waals surface area (Å²) in [6.45, 7) is 11.7. The molecule has 212 valence electrons. The van der Waals surface area contributed by atoms with E-state index in [-0.39, 0.29) is 18.6 Å². The molecule has 0 spiro atoms. The molecule has 0 aliphatic carbocycles. The van der Waals surface area contributed by atoms with Gasteiger partial charge >= 0.3 is 5.97 Å². The van der Waals surface area contributed by atoms with Crippen LogP contribution >= 0.6 is 0 Å². The van der Waals surface area contributed by atoms with Crippen LogP contribution in [-0.2, 0) is 45.0 Å². The molecule has 0 radical (unpaired) electrons. The van der Waals surface area contributed by atoms with Crippen LogP contribution in [-0.4, -0.2) is 17.8 Å². The largest absolute Gasteiger partial charge is 0.461 e. The van der Waals surface area contributed by atoms with E-state index in [1.165, 1.54) is 35.6 Å². The third kappa shape index (κ3) is 12.5. The third-order valence-electron chi connectivity index (χ3n) is 7.12. The number of ether oxygens (including phenoxy) is 1. The van der Waals surface area contributed by atoms with Crippen LogP contribution in [0.5, 0.6) is 0 Å². The van der Waals surface area contributed by atoms with Gasteiger partial charge in [0, 0.05) is 11.6 Å². The van der Waals surface area contributed by atoms with Crippen molar-refractivity contribution in [2.75, 3.05) is 0 Å². The number of hydrogen-bond acceptors (Lipinski definition) is 4. The van der Waals surface area contributed by atoms with Crippen LogP contribution in [0, 0.1) is 0 Å². The molecule has 1 aromatic rings. The molecule has 0 unspecified atom stereocenters. The second-order valence-electron chi connectivity index (χ2n) is 10.4. The van der Waals surface area contributed by atoms with E-state index >= 15 is 0 Å². The molecule has 1 aromatic carbocycles. The zero-order chi connectivity index (χ0) is 28.3. The van der Waals surface area contributed by atoms with Gasteiger partial charge in [-0.3, -0.25) is 19.7 Å². The Labute approximate surface area is 235 Å². The number of carbonyl (C=O) groups is 3. The van der Waals surface area contributed by atoms with Crippen LogP contribution in [0.25, 0.3) is 0 Å². The Morgan fingerprint density at radius 2 is 1.26 bits per heavy atom. The quantitative estimate of drug-likeness (QED) is 0.0722. The summed E-state index contributed by atoms with van der Waals surface area (Å²) in [6.07, 6.45) is 23.1. The molecule has 1 aliphatic heterocycles. The molecule has 5 nitrogen and oxygen atoms in total. The van der Waals surface area contributed by atoms with E-state index in [1.807, 2.05) is 18.2 Å². The van der Waals surface area contributed by atoms with Crippen molar-refractivity contribution < 1.29 is 19.1 Å². The molecule has 0 atom stereocenters. The van der Waals surface area contributed by atoms with E-state index in [0.717, 1.165) is 89.0 Å². The molecule has 39 heavy (non-hydrogen) atoms. The van der Waals surface area contributed by atoms with Crippen molar-refractivity contribution in [3.05, 3.63) is 84.0 Å². The first-order valence-electron chi connectivity index (χ1n) is 14.7. The van der Waals surface area contributed by atoms with Crippen molar-refractivity contribution >= 4 is 17.8 Å². The summed E-state index contributed by atoms with van der Waals surface area (Å²) < 4.78 is 5.70. The van der Waals surface area contributed by atoms with E-state index < -0.39 is 17.8 Å². The highest BCUT2D eigenvalue weighted by molar-refractivity contribution is 6.17. The highest BCUT2D eigenvalue weighted by Crippen LogP contribution is 2.26. The van der Waals surface area contributed by atoms with Gasteiger partial charge in [0.05, 0.1) is 6.42 Å². The fraction of sp³-hybridized carbons (Fsp3) is 0.500. The lowest BCUT2D eigenvalue weighted by Crippen LogP contribution is -2.23. The second kappa shape index (κ2) is 18.9. The molecule has 0 aromatic heterocycles.